The number of nitrogens with one attached hydrogen (secondary N) is 2. The Morgan fingerprint density at radius 2 is 1.71 bits per heavy atom. The van der Waals surface area contributed by atoms with Crippen LogP contribution in [0.4, 0.5) is 4.79 Å². The topological polar surface area (TPSA) is 148 Å². The van der Waals surface area contributed by atoms with E-state index in [0.29, 0.717) is 25.3 Å². The normalized spacial score (nSPS) is 26.2. The van der Waals surface area contributed by atoms with Crippen LogP contribution in [-0.4, -0.2) is 64.8 Å². The van der Waals surface area contributed by atoms with Crippen LogP contribution >= 0.6 is 0 Å². The highest BCUT2D eigenvalue weighted by atomic mass is 16.6. The fraction of sp³-hybridized carbons (Fsp3) is 0.800. The van der Waals surface area contributed by atoms with E-state index >= 15 is 0 Å². The third-order valence-electron chi connectivity index (χ3n) is 7.47. The zero-order valence-electron chi connectivity index (χ0n) is 21.7. The van der Waals surface area contributed by atoms with Gasteiger partial charge in [-0.05, 0) is 56.8 Å². The number of ketones is 1. The maximum atomic E-state index is 13.7. The SMILES string of the molecule is CCCC(NC(=O)[C@@H]1C2C(CN1C(=O)[C@H](CC1CC1)NC(=O)OC(C)(C)C)C2(C)C)C(=O)C(N)=O. The van der Waals surface area contributed by atoms with Gasteiger partial charge in [0.15, 0.2) is 0 Å². The van der Waals surface area contributed by atoms with Crippen LogP contribution in [-0.2, 0) is 23.9 Å². The number of carbonyl (C=O) groups excluding carboxylic acids is 5. The Balaban J connectivity index is 1.79. The highest BCUT2D eigenvalue weighted by molar-refractivity contribution is 6.37. The van der Waals surface area contributed by atoms with Gasteiger partial charge in [-0.2, -0.15) is 0 Å². The van der Waals surface area contributed by atoms with Gasteiger partial charge in [-0.25, -0.2) is 4.79 Å². The van der Waals surface area contributed by atoms with E-state index in [0.717, 1.165) is 12.8 Å². The van der Waals surface area contributed by atoms with E-state index < -0.39 is 47.4 Å². The highest BCUT2D eigenvalue weighted by Gasteiger charge is 2.69. The lowest BCUT2D eigenvalue weighted by molar-refractivity contribution is -0.143. The summed E-state index contributed by atoms with van der Waals surface area (Å²) < 4.78 is 5.37. The number of Topliss-reactive ketones (excluding diaryl/α,β-unsaturated/α-hetero) is 1. The first-order valence-corrected chi connectivity index (χ1v) is 12.6. The zero-order valence-corrected chi connectivity index (χ0v) is 21.7. The average Bonchev–Trinajstić information content (AvgIpc) is 3.57. The maximum Gasteiger partial charge on any atom is 0.408 e. The molecule has 1 saturated heterocycles. The number of alkyl carbamates (subject to hydrolysis) is 1. The van der Waals surface area contributed by atoms with Crippen molar-refractivity contribution in [3.63, 3.8) is 0 Å². The molecule has 10 nitrogen and oxygen atoms in total. The van der Waals surface area contributed by atoms with Gasteiger partial charge in [-0.3, -0.25) is 19.2 Å². The summed E-state index contributed by atoms with van der Waals surface area (Å²) in [5.41, 5.74) is 4.34. The van der Waals surface area contributed by atoms with E-state index in [-0.39, 0.29) is 29.6 Å². The lowest BCUT2D eigenvalue weighted by Crippen LogP contribution is -2.58. The van der Waals surface area contributed by atoms with Gasteiger partial charge < -0.3 is 26.0 Å². The van der Waals surface area contributed by atoms with E-state index in [9.17, 15) is 24.0 Å². The minimum Gasteiger partial charge on any atom is -0.444 e. The molecule has 3 aliphatic rings. The predicted octanol–water partition coefficient (Wildman–Crippen LogP) is 1.50. The molecule has 0 aromatic carbocycles. The van der Waals surface area contributed by atoms with Crippen LogP contribution in [0.25, 0.3) is 0 Å². The summed E-state index contributed by atoms with van der Waals surface area (Å²) in [6.45, 7) is 11.6. The van der Waals surface area contributed by atoms with Gasteiger partial charge in [-0.1, -0.05) is 40.0 Å². The second-order valence-electron chi connectivity index (χ2n) is 11.8. The minimum absolute atomic E-state index is 0.0690. The van der Waals surface area contributed by atoms with E-state index in [1.165, 1.54) is 4.90 Å². The van der Waals surface area contributed by atoms with Crippen LogP contribution in [0.15, 0.2) is 0 Å². The van der Waals surface area contributed by atoms with E-state index in [1.54, 1.807) is 20.8 Å². The van der Waals surface area contributed by atoms with Gasteiger partial charge >= 0.3 is 6.09 Å². The van der Waals surface area contributed by atoms with Gasteiger partial charge in [0.1, 0.15) is 17.7 Å². The number of likely N-dealkylation sites (tertiary alicyclic amines) is 1. The van der Waals surface area contributed by atoms with E-state index in [2.05, 4.69) is 24.5 Å². The number of primary amides is 1. The molecule has 3 unspecified atom stereocenters. The van der Waals surface area contributed by atoms with Crippen molar-refractivity contribution in [1.82, 2.24) is 15.5 Å². The summed E-state index contributed by atoms with van der Waals surface area (Å²) in [4.78, 5) is 64.9. The summed E-state index contributed by atoms with van der Waals surface area (Å²) >= 11 is 0. The van der Waals surface area contributed by atoms with Gasteiger partial charge in [0.05, 0.1) is 6.04 Å². The van der Waals surface area contributed by atoms with Crippen LogP contribution in [0.5, 0.6) is 0 Å². The molecule has 0 bridgehead atoms. The van der Waals surface area contributed by atoms with Crippen molar-refractivity contribution in [3.8, 4) is 0 Å². The summed E-state index contributed by atoms with van der Waals surface area (Å²) in [6.07, 6.45) is 2.65. The van der Waals surface area contributed by atoms with Crippen LogP contribution in [0.3, 0.4) is 0 Å². The van der Waals surface area contributed by atoms with Crippen molar-refractivity contribution in [2.45, 2.75) is 97.4 Å². The molecule has 1 heterocycles. The molecule has 5 atom stereocenters. The lowest BCUT2D eigenvalue weighted by atomic mass is 9.98. The fourth-order valence-electron chi connectivity index (χ4n) is 5.36. The number of fused-ring (bicyclic) bond motifs is 1. The van der Waals surface area contributed by atoms with Crippen LogP contribution in [0, 0.1) is 23.2 Å². The molecule has 0 spiro atoms. The van der Waals surface area contributed by atoms with Crippen molar-refractivity contribution in [3.05, 3.63) is 0 Å². The molecule has 196 valence electrons. The van der Waals surface area contributed by atoms with E-state index in [1.807, 2.05) is 6.92 Å². The maximum absolute atomic E-state index is 13.7. The van der Waals surface area contributed by atoms with Crippen LogP contribution < -0.4 is 16.4 Å². The molecule has 1 aliphatic heterocycles. The Kier molecular flexibility index (Phi) is 7.53. The predicted molar refractivity (Wildman–Crippen MR) is 128 cm³/mol. The number of rotatable bonds is 10. The number of hydrogen-bond donors (Lipinski definition) is 3. The average molecular weight is 493 g/mol. The number of nitrogens with zero attached hydrogens (tertiary/aromatic N) is 1. The molecule has 10 heteroatoms. The van der Waals surface area contributed by atoms with Crippen LogP contribution in [0.1, 0.15) is 73.6 Å². The van der Waals surface area contributed by atoms with Gasteiger partial charge in [-0.15, -0.1) is 0 Å². The highest BCUT2D eigenvalue weighted by Crippen LogP contribution is 2.65. The van der Waals surface area contributed by atoms with Crippen molar-refractivity contribution in [1.29, 1.82) is 0 Å². The molecule has 3 fully saturated rings. The van der Waals surface area contributed by atoms with Gasteiger partial charge in [0.25, 0.3) is 5.91 Å². The first-order valence-electron chi connectivity index (χ1n) is 12.6. The third kappa shape index (κ3) is 6.13. The van der Waals surface area contributed by atoms with Gasteiger partial charge in [0, 0.05) is 6.54 Å². The Hall–Kier alpha value is -2.65. The molecule has 35 heavy (non-hydrogen) atoms. The second kappa shape index (κ2) is 9.78. The lowest BCUT2D eigenvalue weighted by Gasteiger charge is -2.34. The molecular weight excluding hydrogens is 452 g/mol. The number of carbonyl (C=O) groups is 5. The second-order valence-corrected chi connectivity index (χ2v) is 11.8. The smallest absolute Gasteiger partial charge is 0.408 e. The molecule has 0 radical (unpaired) electrons. The van der Waals surface area contributed by atoms with Crippen molar-refractivity contribution in [2.75, 3.05) is 6.54 Å². The summed E-state index contributed by atoms with van der Waals surface area (Å²) in [6, 6.07) is -2.61. The van der Waals surface area contributed by atoms with Gasteiger partial charge in [0.2, 0.25) is 17.6 Å². The molecule has 3 rings (SSSR count). The zero-order chi connectivity index (χ0) is 26.3. The number of amides is 4. The van der Waals surface area contributed by atoms with Crippen molar-refractivity contribution >= 4 is 29.6 Å². The fourth-order valence-corrected chi connectivity index (χ4v) is 5.36. The molecular formula is C25H40N4O6. The Morgan fingerprint density at radius 1 is 1.09 bits per heavy atom. The molecule has 4 amide bonds. The van der Waals surface area contributed by atoms with Crippen molar-refractivity contribution < 1.29 is 28.7 Å². The summed E-state index contributed by atoms with van der Waals surface area (Å²) in [7, 11) is 0. The number of hydrogen-bond acceptors (Lipinski definition) is 6. The summed E-state index contributed by atoms with van der Waals surface area (Å²) in [5, 5.41) is 5.42. The number of nitrogens with two attached hydrogens (primary N) is 1. The standard InChI is InChI=1S/C25H40N4O6/c1-7-8-15(19(30)20(26)31)27-21(32)18-17-14(25(17,5)6)12-29(18)22(33)16(11-13-9-10-13)28-23(34)35-24(2,3)4/h13-18H,7-12H2,1-6H3,(H2,26,31)(H,27,32)(H,28,34)/t14?,15?,16-,17?,18-/m0/s1. The van der Waals surface area contributed by atoms with Crippen molar-refractivity contribution in [2.24, 2.45) is 28.9 Å². The molecule has 4 N–H and O–H groups in total. The molecule has 2 saturated carbocycles. The summed E-state index contributed by atoms with van der Waals surface area (Å²) in [5.74, 6) is -2.31. The molecule has 0 aromatic heterocycles. The first kappa shape index (κ1) is 26.9. The Labute approximate surface area is 207 Å². The Morgan fingerprint density at radius 3 is 2.23 bits per heavy atom. The molecule has 2 aliphatic carbocycles. The minimum atomic E-state index is -1.10. The largest absolute Gasteiger partial charge is 0.444 e. The number of piperidine rings is 1. The quantitative estimate of drug-likeness (QED) is 0.394. The van der Waals surface area contributed by atoms with Crippen LogP contribution in [0.2, 0.25) is 0 Å². The monoisotopic (exact) mass is 492 g/mol. The van der Waals surface area contributed by atoms with E-state index in [4.69, 9.17) is 10.5 Å². The third-order valence-corrected chi connectivity index (χ3v) is 7.47. The number of ether oxygens (including phenoxy) is 1. The molecule has 0 aromatic rings. The first-order chi connectivity index (χ1) is 16.2. The Bertz CT molecular complexity index is 891.